The van der Waals surface area contributed by atoms with Gasteiger partial charge < -0.3 is 10.1 Å². The Kier molecular flexibility index (Phi) is 6.19. The number of ether oxygens (including phenoxy) is 1. The van der Waals surface area contributed by atoms with E-state index in [1.165, 1.54) is 5.57 Å². The number of amides is 1. The molecule has 2 atom stereocenters. The Morgan fingerprint density at radius 3 is 2.76 bits per heavy atom. The average Bonchev–Trinajstić information content (AvgIpc) is 2.44. The van der Waals surface area contributed by atoms with Gasteiger partial charge in [-0.1, -0.05) is 36.8 Å². The largest absolute Gasteiger partial charge is 0.447 e. The number of carbonyl (C=O) groups is 1. The van der Waals surface area contributed by atoms with E-state index in [9.17, 15) is 9.18 Å². The smallest absolute Gasteiger partial charge is 0.407 e. The van der Waals surface area contributed by atoms with Crippen LogP contribution >= 0.6 is 0 Å². The van der Waals surface area contributed by atoms with Crippen molar-refractivity contribution in [2.45, 2.75) is 40.2 Å². The lowest BCUT2D eigenvalue weighted by Crippen LogP contribution is -2.45. The normalized spacial score (nSPS) is 22.8. The van der Waals surface area contributed by atoms with Gasteiger partial charge >= 0.3 is 6.09 Å². The zero-order chi connectivity index (χ0) is 16.0. The van der Waals surface area contributed by atoms with Crippen molar-refractivity contribution in [3.05, 3.63) is 35.5 Å². The van der Waals surface area contributed by atoms with Gasteiger partial charge in [-0.3, -0.25) is 0 Å². The van der Waals surface area contributed by atoms with Crippen LogP contribution in [0.4, 0.5) is 9.18 Å². The Bertz CT molecular complexity index is 463. The van der Waals surface area contributed by atoms with Crippen molar-refractivity contribution in [1.29, 1.82) is 0 Å². The minimum Gasteiger partial charge on any atom is -0.447 e. The van der Waals surface area contributed by atoms with E-state index in [2.05, 4.69) is 37.4 Å². The summed E-state index contributed by atoms with van der Waals surface area (Å²) >= 11 is 0. The van der Waals surface area contributed by atoms with Crippen LogP contribution in [0.3, 0.4) is 0 Å². The number of halogens is 1. The molecule has 0 aromatic heterocycles. The topological polar surface area (TPSA) is 38.3 Å². The summed E-state index contributed by atoms with van der Waals surface area (Å²) in [5.74, 6) is 0.761. The standard InChI is InChI=1S/C17H26FNO2/c1-6-12(2)15-11-14(8-7-13(15)3)17(4,5)19-16(20)21-10-9-18/h6-8,11,13,15H,9-10H2,1-5H3,(H,19,20). The minimum atomic E-state index is -0.670. The Labute approximate surface area is 126 Å². The fourth-order valence-corrected chi connectivity index (χ4v) is 2.43. The first-order valence-corrected chi connectivity index (χ1v) is 7.36. The molecule has 3 nitrogen and oxygen atoms in total. The molecule has 4 heteroatoms. The number of hydrogen-bond donors (Lipinski definition) is 1. The molecule has 0 aliphatic heterocycles. The molecular formula is C17H26FNO2. The molecule has 0 spiro atoms. The first kappa shape index (κ1) is 17.5. The number of carbonyl (C=O) groups excluding carboxylic acids is 1. The van der Waals surface area contributed by atoms with Crippen molar-refractivity contribution in [3.8, 4) is 0 Å². The van der Waals surface area contributed by atoms with Gasteiger partial charge in [0, 0.05) is 5.92 Å². The predicted molar refractivity (Wildman–Crippen MR) is 83.8 cm³/mol. The lowest BCUT2D eigenvalue weighted by molar-refractivity contribution is 0.131. The first-order valence-electron chi connectivity index (χ1n) is 7.36. The highest BCUT2D eigenvalue weighted by Crippen LogP contribution is 2.32. The van der Waals surface area contributed by atoms with E-state index in [0.717, 1.165) is 5.57 Å². The summed E-state index contributed by atoms with van der Waals surface area (Å²) in [6, 6.07) is 0. The maximum absolute atomic E-state index is 12.0. The third kappa shape index (κ3) is 4.73. The van der Waals surface area contributed by atoms with E-state index in [1.807, 2.05) is 26.8 Å². The molecule has 0 saturated carbocycles. The molecule has 0 bridgehead atoms. The van der Waals surface area contributed by atoms with Gasteiger partial charge in [-0.15, -0.1) is 0 Å². The highest BCUT2D eigenvalue weighted by molar-refractivity contribution is 5.69. The number of hydrogen-bond acceptors (Lipinski definition) is 2. The zero-order valence-corrected chi connectivity index (χ0v) is 13.6. The van der Waals surface area contributed by atoms with Crippen molar-refractivity contribution in [1.82, 2.24) is 5.32 Å². The van der Waals surface area contributed by atoms with Crippen LogP contribution in [0.5, 0.6) is 0 Å². The monoisotopic (exact) mass is 295 g/mol. The maximum atomic E-state index is 12.0. The maximum Gasteiger partial charge on any atom is 0.407 e. The van der Waals surface area contributed by atoms with Gasteiger partial charge in [0.1, 0.15) is 13.3 Å². The Morgan fingerprint density at radius 1 is 1.52 bits per heavy atom. The molecule has 1 aliphatic rings. The van der Waals surface area contributed by atoms with Crippen LogP contribution in [-0.2, 0) is 4.74 Å². The molecule has 0 heterocycles. The van der Waals surface area contributed by atoms with Gasteiger partial charge in [-0.2, -0.15) is 0 Å². The van der Waals surface area contributed by atoms with Gasteiger partial charge in [-0.25, -0.2) is 9.18 Å². The van der Waals surface area contributed by atoms with Gasteiger partial charge in [-0.05, 0) is 39.2 Å². The van der Waals surface area contributed by atoms with Crippen molar-refractivity contribution in [3.63, 3.8) is 0 Å². The van der Waals surface area contributed by atoms with Crippen LogP contribution in [0.2, 0.25) is 0 Å². The summed E-state index contributed by atoms with van der Waals surface area (Å²) in [5.41, 5.74) is 1.78. The van der Waals surface area contributed by atoms with Gasteiger partial charge in [0.25, 0.3) is 0 Å². The van der Waals surface area contributed by atoms with Crippen LogP contribution in [-0.4, -0.2) is 24.9 Å². The fraction of sp³-hybridized carbons (Fsp3) is 0.588. The SMILES string of the molecule is CC=C(C)C1C=C(C(C)(C)NC(=O)OCCF)C=CC1C. The molecule has 0 aromatic carbocycles. The van der Waals surface area contributed by atoms with E-state index in [-0.39, 0.29) is 6.61 Å². The summed E-state index contributed by atoms with van der Waals surface area (Å²) < 4.78 is 16.8. The van der Waals surface area contributed by atoms with E-state index >= 15 is 0 Å². The molecule has 0 fully saturated rings. The Hall–Kier alpha value is -1.58. The minimum absolute atomic E-state index is 0.214. The van der Waals surface area contributed by atoms with Crippen LogP contribution < -0.4 is 5.32 Å². The third-order valence-electron chi connectivity index (χ3n) is 3.93. The lowest BCUT2D eigenvalue weighted by Gasteiger charge is -2.32. The average molecular weight is 295 g/mol. The molecule has 118 valence electrons. The van der Waals surface area contributed by atoms with Gasteiger partial charge in [0.2, 0.25) is 0 Å². The van der Waals surface area contributed by atoms with E-state index in [0.29, 0.717) is 11.8 Å². The molecule has 1 aliphatic carbocycles. The second kappa shape index (κ2) is 7.43. The van der Waals surface area contributed by atoms with Crippen molar-refractivity contribution in [2.24, 2.45) is 11.8 Å². The molecule has 1 rings (SSSR count). The lowest BCUT2D eigenvalue weighted by atomic mass is 9.78. The summed E-state index contributed by atoms with van der Waals surface area (Å²) in [5, 5.41) is 2.79. The molecule has 0 saturated heterocycles. The van der Waals surface area contributed by atoms with Crippen LogP contribution in [0.25, 0.3) is 0 Å². The van der Waals surface area contributed by atoms with E-state index < -0.39 is 18.3 Å². The van der Waals surface area contributed by atoms with Crippen molar-refractivity contribution in [2.75, 3.05) is 13.3 Å². The summed E-state index contributed by atoms with van der Waals surface area (Å²) in [6.45, 7) is 9.27. The molecule has 21 heavy (non-hydrogen) atoms. The Balaban J connectivity index is 2.86. The van der Waals surface area contributed by atoms with E-state index in [4.69, 9.17) is 4.74 Å². The summed E-state index contributed by atoms with van der Waals surface area (Å²) in [6.07, 6.45) is 7.91. The van der Waals surface area contributed by atoms with Crippen molar-refractivity contribution < 1.29 is 13.9 Å². The summed E-state index contributed by atoms with van der Waals surface area (Å²) in [7, 11) is 0. The second-order valence-electron chi connectivity index (χ2n) is 5.97. The Morgan fingerprint density at radius 2 is 2.19 bits per heavy atom. The fourth-order valence-electron chi connectivity index (χ4n) is 2.43. The number of allylic oxidation sites excluding steroid dienone is 4. The van der Waals surface area contributed by atoms with Gasteiger partial charge in [0.15, 0.2) is 0 Å². The highest BCUT2D eigenvalue weighted by Gasteiger charge is 2.29. The zero-order valence-electron chi connectivity index (χ0n) is 13.6. The summed E-state index contributed by atoms with van der Waals surface area (Å²) in [4.78, 5) is 11.6. The third-order valence-corrected chi connectivity index (χ3v) is 3.93. The van der Waals surface area contributed by atoms with Crippen LogP contribution in [0, 0.1) is 11.8 Å². The first-order chi connectivity index (χ1) is 9.81. The van der Waals surface area contributed by atoms with Crippen molar-refractivity contribution >= 4 is 6.09 Å². The quantitative estimate of drug-likeness (QED) is 0.773. The number of alkyl carbamates (subject to hydrolysis) is 1. The number of nitrogens with one attached hydrogen (secondary N) is 1. The molecule has 0 radical (unpaired) electrons. The number of alkyl halides is 1. The molecule has 2 unspecified atom stereocenters. The predicted octanol–water partition coefficient (Wildman–Crippen LogP) is 4.18. The molecule has 1 N–H and O–H groups in total. The van der Waals surface area contributed by atoms with Crippen LogP contribution in [0.15, 0.2) is 35.5 Å². The highest BCUT2D eigenvalue weighted by atomic mass is 19.1. The van der Waals surface area contributed by atoms with Crippen LogP contribution in [0.1, 0.15) is 34.6 Å². The molecule has 0 aromatic rings. The second-order valence-corrected chi connectivity index (χ2v) is 5.97. The number of rotatable bonds is 5. The van der Waals surface area contributed by atoms with Gasteiger partial charge in [0.05, 0.1) is 5.54 Å². The molecular weight excluding hydrogens is 269 g/mol. The van der Waals surface area contributed by atoms with E-state index in [1.54, 1.807) is 0 Å². The molecule has 1 amide bonds.